The Balaban J connectivity index is 2.11. The molecule has 0 unspecified atom stereocenters. The molecule has 4 heteroatoms. The highest BCUT2D eigenvalue weighted by Gasteiger charge is 2.13. The normalized spacial score (nSPS) is 10.3. The highest BCUT2D eigenvalue weighted by Crippen LogP contribution is 2.30. The minimum absolute atomic E-state index is 0.0905. The van der Waals surface area contributed by atoms with Crippen LogP contribution in [0.2, 0.25) is 5.02 Å². The number of carbonyl (C=O) groups is 1. The third kappa shape index (κ3) is 3.78. The molecule has 2 rings (SSSR count). The van der Waals surface area contributed by atoms with Crippen LogP contribution in [0, 0.1) is 0 Å². The summed E-state index contributed by atoms with van der Waals surface area (Å²) in [6, 6.07) is 15.3. The molecule has 1 amide bonds. The molecular formula is C16H16ClNOS. The number of nitrogens with one attached hydrogen (secondary N) is 1. The van der Waals surface area contributed by atoms with Gasteiger partial charge in [0.15, 0.2) is 0 Å². The lowest BCUT2D eigenvalue weighted by Gasteiger charge is -2.10. The summed E-state index contributed by atoms with van der Waals surface area (Å²) in [5.74, 6) is 0.787. The Bertz CT molecular complexity index is 586. The van der Waals surface area contributed by atoms with Gasteiger partial charge in [-0.2, -0.15) is 0 Å². The monoisotopic (exact) mass is 305 g/mol. The van der Waals surface area contributed by atoms with Crippen LogP contribution in [0.5, 0.6) is 0 Å². The van der Waals surface area contributed by atoms with Crippen LogP contribution in [-0.4, -0.2) is 11.7 Å². The second kappa shape index (κ2) is 7.36. The quantitative estimate of drug-likeness (QED) is 0.830. The first-order valence-electron chi connectivity index (χ1n) is 6.45. The summed E-state index contributed by atoms with van der Waals surface area (Å²) in [6.45, 7) is 2.56. The fourth-order valence-corrected chi connectivity index (χ4v) is 3.00. The van der Waals surface area contributed by atoms with Crippen molar-refractivity contribution in [2.24, 2.45) is 0 Å². The molecule has 0 spiro atoms. The van der Waals surface area contributed by atoms with Gasteiger partial charge in [-0.25, -0.2) is 0 Å². The molecule has 0 atom stereocenters. The SMILES string of the molecule is CCSc1c(Cl)cccc1C(=O)NCc1ccccc1. The molecule has 0 bridgehead atoms. The zero-order chi connectivity index (χ0) is 14.4. The molecule has 1 N–H and O–H groups in total. The van der Waals surface area contributed by atoms with E-state index in [4.69, 9.17) is 11.6 Å². The van der Waals surface area contributed by atoms with E-state index in [2.05, 4.69) is 5.32 Å². The number of carbonyl (C=O) groups excluding carboxylic acids is 1. The van der Waals surface area contributed by atoms with E-state index in [1.807, 2.05) is 49.4 Å². The van der Waals surface area contributed by atoms with Crippen molar-refractivity contribution in [1.82, 2.24) is 5.32 Å². The Morgan fingerprint density at radius 1 is 1.15 bits per heavy atom. The third-order valence-electron chi connectivity index (χ3n) is 2.80. The minimum Gasteiger partial charge on any atom is -0.348 e. The summed E-state index contributed by atoms with van der Waals surface area (Å²) < 4.78 is 0. The van der Waals surface area contributed by atoms with Gasteiger partial charge in [0.25, 0.3) is 5.91 Å². The van der Waals surface area contributed by atoms with Crippen LogP contribution in [0.4, 0.5) is 0 Å². The summed E-state index contributed by atoms with van der Waals surface area (Å²) in [7, 11) is 0. The average Bonchev–Trinajstić information content (AvgIpc) is 2.48. The largest absolute Gasteiger partial charge is 0.348 e. The molecular weight excluding hydrogens is 290 g/mol. The molecule has 2 aromatic carbocycles. The number of halogens is 1. The molecule has 2 aromatic rings. The summed E-state index contributed by atoms with van der Waals surface area (Å²) in [6.07, 6.45) is 0. The lowest BCUT2D eigenvalue weighted by atomic mass is 10.2. The predicted octanol–water partition coefficient (Wildman–Crippen LogP) is 4.38. The summed E-state index contributed by atoms with van der Waals surface area (Å²) in [4.78, 5) is 13.1. The fourth-order valence-electron chi connectivity index (χ4n) is 1.85. The summed E-state index contributed by atoms with van der Waals surface area (Å²) >= 11 is 7.75. The smallest absolute Gasteiger partial charge is 0.252 e. The van der Waals surface area contributed by atoms with Crippen molar-refractivity contribution in [2.75, 3.05) is 5.75 Å². The van der Waals surface area contributed by atoms with E-state index < -0.39 is 0 Å². The predicted molar refractivity (Wildman–Crippen MR) is 85.5 cm³/mol. The fraction of sp³-hybridized carbons (Fsp3) is 0.188. The van der Waals surface area contributed by atoms with E-state index in [1.165, 1.54) is 0 Å². The van der Waals surface area contributed by atoms with Gasteiger partial charge in [-0.15, -0.1) is 11.8 Å². The second-order valence-electron chi connectivity index (χ2n) is 4.22. The second-order valence-corrected chi connectivity index (χ2v) is 5.90. The zero-order valence-corrected chi connectivity index (χ0v) is 12.8. The average molecular weight is 306 g/mol. The standard InChI is InChI=1S/C16H16ClNOS/c1-2-20-15-13(9-6-10-14(15)17)16(19)18-11-12-7-4-3-5-8-12/h3-10H,2,11H2,1H3,(H,18,19). The maximum absolute atomic E-state index is 12.3. The van der Waals surface area contributed by atoms with Gasteiger partial charge >= 0.3 is 0 Å². The van der Waals surface area contributed by atoms with Gasteiger partial charge in [0, 0.05) is 11.4 Å². The van der Waals surface area contributed by atoms with Gasteiger partial charge in [-0.1, -0.05) is 54.9 Å². The number of hydrogen-bond donors (Lipinski definition) is 1. The number of thioether (sulfide) groups is 1. The zero-order valence-electron chi connectivity index (χ0n) is 11.2. The van der Waals surface area contributed by atoms with Crippen LogP contribution in [0.15, 0.2) is 53.4 Å². The van der Waals surface area contributed by atoms with E-state index in [-0.39, 0.29) is 5.91 Å². The highest BCUT2D eigenvalue weighted by molar-refractivity contribution is 7.99. The Labute approximate surface area is 128 Å². The van der Waals surface area contributed by atoms with Crippen molar-refractivity contribution < 1.29 is 4.79 Å². The minimum atomic E-state index is -0.0905. The van der Waals surface area contributed by atoms with Gasteiger partial charge in [0.2, 0.25) is 0 Å². The lowest BCUT2D eigenvalue weighted by Crippen LogP contribution is -2.23. The highest BCUT2D eigenvalue weighted by atomic mass is 35.5. The Morgan fingerprint density at radius 2 is 1.90 bits per heavy atom. The molecule has 0 fully saturated rings. The molecule has 20 heavy (non-hydrogen) atoms. The Morgan fingerprint density at radius 3 is 2.60 bits per heavy atom. The molecule has 0 aromatic heterocycles. The van der Waals surface area contributed by atoms with Gasteiger partial charge < -0.3 is 5.32 Å². The van der Waals surface area contributed by atoms with Crippen LogP contribution < -0.4 is 5.32 Å². The lowest BCUT2D eigenvalue weighted by molar-refractivity contribution is 0.0948. The first-order chi connectivity index (χ1) is 9.72. The van der Waals surface area contributed by atoms with Crippen molar-refractivity contribution in [3.05, 3.63) is 64.7 Å². The van der Waals surface area contributed by atoms with Crippen LogP contribution in [0.1, 0.15) is 22.8 Å². The number of benzene rings is 2. The van der Waals surface area contributed by atoms with E-state index >= 15 is 0 Å². The molecule has 0 saturated carbocycles. The van der Waals surface area contributed by atoms with Gasteiger partial charge in [-0.05, 0) is 23.4 Å². The molecule has 0 aliphatic heterocycles. The molecule has 0 aliphatic rings. The van der Waals surface area contributed by atoms with Crippen molar-refractivity contribution >= 4 is 29.3 Å². The van der Waals surface area contributed by atoms with E-state index in [0.717, 1.165) is 16.2 Å². The van der Waals surface area contributed by atoms with E-state index in [9.17, 15) is 4.79 Å². The van der Waals surface area contributed by atoms with Crippen LogP contribution in [0.3, 0.4) is 0 Å². The molecule has 2 nitrogen and oxygen atoms in total. The van der Waals surface area contributed by atoms with Crippen molar-refractivity contribution in [1.29, 1.82) is 0 Å². The first-order valence-corrected chi connectivity index (χ1v) is 7.82. The number of amides is 1. The summed E-state index contributed by atoms with van der Waals surface area (Å²) in [5, 5.41) is 3.56. The maximum Gasteiger partial charge on any atom is 0.252 e. The van der Waals surface area contributed by atoms with Crippen LogP contribution >= 0.6 is 23.4 Å². The Kier molecular flexibility index (Phi) is 5.50. The number of rotatable bonds is 5. The topological polar surface area (TPSA) is 29.1 Å². The maximum atomic E-state index is 12.3. The molecule has 0 heterocycles. The van der Waals surface area contributed by atoms with Crippen molar-refractivity contribution in [3.63, 3.8) is 0 Å². The van der Waals surface area contributed by atoms with E-state index in [0.29, 0.717) is 17.1 Å². The molecule has 0 aliphatic carbocycles. The Hall–Kier alpha value is -1.45. The van der Waals surface area contributed by atoms with Crippen LogP contribution in [-0.2, 0) is 6.54 Å². The first kappa shape index (κ1) is 14.9. The van der Waals surface area contributed by atoms with Crippen molar-refractivity contribution in [2.45, 2.75) is 18.4 Å². The third-order valence-corrected chi connectivity index (χ3v) is 4.24. The number of hydrogen-bond acceptors (Lipinski definition) is 2. The van der Waals surface area contributed by atoms with Gasteiger partial charge in [0.1, 0.15) is 0 Å². The summed E-state index contributed by atoms with van der Waals surface area (Å²) in [5.41, 5.74) is 1.72. The van der Waals surface area contributed by atoms with E-state index in [1.54, 1.807) is 17.8 Å². The van der Waals surface area contributed by atoms with Crippen molar-refractivity contribution in [3.8, 4) is 0 Å². The molecule has 0 radical (unpaired) electrons. The molecule has 104 valence electrons. The van der Waals surface area contributed by atoms with Gasteiger partial charge in [-0.3, -0.25) is 4.79 Å². The molecule has 0 saturated heterocycles. The van der Waals surface area contributed by atoms with Crippen LogP contribution in [0.25, 0.3) is 0 Å². The van der Waals surface area contributed by atoms with Gasteiger partial charge in [0.05, 0.1) is 10.6 Å².